The highest BCUT2D eigenvalue weighted by Gasteiger charge is 2.33. The van der Waals surface area contributed by atoms with E-state index in [1.54, 1.807) is 19.3 Å². The van der Waals surface area contributed by atoms with Crippen LogP contribution < -0.4 is 4.74 Å². The number of fused-ring (bicyclic) bond motifs is 1. The highest BCUT2D eigenvalue weighted by atomic mass is 16.5. The van der Waals surface area contributed by atoms with Crippen molar-refractivity contribution in [1.29, 1.82) is 0 Å². The van der Waals surface area contributed by atoms with Crippen LogP contribution in [-0.2, 0) is 4.79 Å². The molecule has 1 aliphatic heterocycles. The molecule has 0 spiro atoms. The van der Waals surface area contributed by atoms with Crippen LogP contribution in [0.25, 0.3) is 16.8 Å². The topological polar surface area (TPSA) is 62.1 Å². The van der Waals surface area contributed by atoms with Crippen molar-refractivity contribution in [1.82, 2.24) is 5.01 Å². The van der Waals surface area contributed by atoms with Gasteiger partial charge in [0.2, 0.25) is 0 Å². The lowest BCUT2D eigenvalue weighted by atomic mass is 9.96. The molecule has 1 N–H and O–H groups in total. The zero-order valence-corrected chi connectivity index (χ0v) is 18.8. The van der Waals surface area contributed by atoms with Gasteiger partial charge in [-0.3, -0.25) is 4.79 Å². The van der Waals surface area contributed by atoms with Gasteiger partial charge >= 0.3 is 0 Å². The standard InChI is InChI=1S/C29H24N2O3/c1-34-23-15-12-22(13-16-23)27-19-26(25-17-14-21-9-5-6-10-24(21)29(25)33)30-31(27)28(32)18-11-20-7-3-2-4-8-20/h2-18,27,33H,19H2,1H3/b18-11+. The van der Waals surface area contributed by atoms with E-state index in [4.69, 9.17) is 9.84 Å². The van der Waals surface area contributed by atoms with E-state index < -0.39 is 0 Å². The molecule has 0 aliphatic carbocycles. The van der Waals surface area contributed by atoms with Gasteiger partial charge < -0.3 is 9.84 Å². The molecule has 1 heterocycles. The van der Waals surface area contributed by atoms with Crippen molar-refractivity contribution in [2.45, 2.75) is 12.5 Å². The smallest absolute Gasteiger partial charge is 0.267 e. The number of rotatable bonds is 5. The number of nitrogens with zero attached hydrogens (tertiary/aromatic N) is 2. The number of methoxy groups -OCH3 is 1. The second-order valence-electron chi connectivity index (χ2n) is 8.15. The van der Waals surface area contributed by atoms with E-state index in [1.807, 2.05) is 91.0 Å². The fraction of sp³-hybridized carbons (Fsp3) is 0.103. The maximum absolute atomic E-state index is 13.2. The van der Waals surface area contributed by atoms with E-state index in [2.05, 4.69) is 0 Å². The first-order valence-electron chi connectivity index (χ1n) is 11.1. The van der Waals surface area contributed by atoms with E-state index in [1.165, 1.54) is 5.01 Å². The summed E-state index contributed by atoms with van der Waals surface area (Å²) in [7, 11) is 1.62. The van der Waals surface area contributed by atoms with E-state index >= 15 is 0 Å². The molecule has 1 aliphatic rings. The maximum Gasteiger partial charge on any atom is 0.267 e. The zero-order valence-electron chi connectivity index (χ0n) is 18.8. The van der Waals surface area contributed by atoms with Crippen molar-refractivity contribution < 1.29 is 14.6 Å². The Labute approximate surface area is 198 Å². The third-order valence-corrected chi connectivity index (χ3v) is 6.07. The summed E-state index contributed by atoms with van der Waals surface area (Å²) in [5.41, 5.74) is 3.19. The Morgan fingerprint density at radius 3 is 2.47 bits per heavy atom. The van der Waals surface area contributed by atoms with Crippen molar-refractivity contribution in [2.24, 2.45) is 5.10 Å². The quantitative estimate of drug-likeness (QED) is 0.384. The Bertz CT molecular complexity index is 1390. The number of phenols is 1. The molecule has 5 heteroatoms. The number of aromatic hydroxyl groups is 1. The lowest BCUT2D eigenvalue weighted by Crippen LogP contribution is -2.25. The average molecular weight is 449 g/mol. The van der Waals surface area contributed by atoms with Gasteiger partial charge in [-0.05, 0) is 40.8 Å². The molecule has 4 aromatic carbocycles. The molecule has 0 radical (unpaired) electrons. The minimum Gasteiger partial charge on any atom is -0.507 e. The molecule has 1 amide bonds. The summed E-state index contributed by atoms with van der Waals surface area (Å²) in [5.74, 6) is 0.705. The number of carbonyl (C=O) groups is 1. The second-order valence-corrected chi connectivity index (χ2v) is 8.15. The first kappa shape index (κ1) is 21.5. The van der Waals surface area contributed by atoms with Crippen LogP contribution in [0.4, 0.5) is 0 Å². The number of carbonyl (C=O) groups excluding carboxylic acids is 1. The minimum atomic E-state index is -0.292. The van der Waals surface area contributed by atoms with Crippen molar-refractivity contribution in [3.05, 3.63) is 114 Å². The number of hydrazone groups is 1. The summed E-state index contributed by atoms with van der Waals surface area (Å²) in [6.45, 7) is 0. The molecule has 0 bridgehead atoms. The summed E-state index contributed by atoms with van der Waals surface area (Å²) >= 11 is 0. The van der Waals surface area contributed by atoms with E-state index in [-0.39, 0.29) is 17.7 Å². The van der Waals surface area contributed by atoms with Gasteiger partial charge in [0.05, 0.1) is 18.9 Å². The van der Waals surface area contributed by atoms with Crippen LogP contribution in [0.5, 0.6) is 11.5 Å². The van der Waals surface area contributed by atoms with E-state index in [9.17, 15) is 9.90 Å². The largest absolute Gasteiger partial charge is 0.507 e. The van der Waals surface area contributed by atoms with Crippen molar-refractivity contribution in [3.8, 4) is 11.5 Å². The summed E-state index contributed by atoms with van der Waals surface area (Å²) in [4.78, 5) is 13.2. The molecule has 1 atom stereocenters. The number of hydrogen-bond acceptors (Lipinski definition) is 4. The summed E-state index contributed by atoms with van der Waals surface area (Å²) < 4.78 is 5.29. The van der Waals surface area contributed by atoms with Crippen LogP contribution in [0, 0.1) is 0 Å². The lowest BCUT2D eigenvalue weighted by Gasteiger charge is -2.21. The third kappa shape index (κ3) is 4.16. The number of benzene rings is 4. The predicted octanol–water partition coefficient (Wildman–Crippen LogP) is 5.95. The van der Waals surface area contributed by atoms with Gasteiger partial charge in [0.25, 0.3) is 5.91 Å². The molecule has 0 saturated heterocycles. The minimum absolute atomic E-state index is 0.180. The molecular formula is C29H24N2O3. The molecular weight excluding hydrogens is 424 g/mol. The van der Waals surface area contributed by atoms with Gasteiger partial charge in [0.1, 0.15) is 11.5 Å². The second kappa shape index (κ2) is 9.24. The fourth-order valence-corrected chi connectivity index (χ4v) is 4.26. The third-order valence-electron chi connectivity index (χ3n) is 6.07. The zero-order chi connectivity index (χ0) is 23.5. The highest BCUT2D eigenvalue weighted by molar-refractivity contribution is 6.09. The van der Waals surface area contributed by atoms with Crippen LogP contribution in [0.1, 0.15) is 29.2 Å². The van der Waals surface area contributed by atoms with Crippen LogP contribution >= 0.6 is 0 Å². The Hall–Kier alpha value is -4.38. The maximum atomic E-state index is 13.2. The predicted molar refractivity (Wildman–Crippen MR) is 135 cm³/mol. The summed E-state index contributed by atoms with van der Waals surface area (Å²) in [6.07, 6.45) is 3.82. The van der Waals surface area contributed by atoms with Crippen LogP contribution in [0.15, 0.2) is 102 Å². The first-order valence-corrected chi connectivity index (χ1v) is 11.1. The fourth-order valence-electron chi connectivity index (χ4n) is 4.26. The number of phenolic OH excluding ortho intramolecular Hbond substituents is 1. The average Bonchev–Trinajstić information content (AvgIpc) is 3.33. The molecule has 0 saturated carbocycles. The summed E-state index contributed by atoms with van der Waals surface area (Å²) in [5, 5.41) is 18.9. The van der Waals surface area contributed by atoms with Crippen molar-refractivity contribution in [2.75, 3.05) is 7.11 Å². The lowest BCUT2D eigenvalue weighted by molar-refractivity contribution is -0.127. The Kier molecular flexibility index (Phi) is 5.83. The van der Waals surface area contributed by atoms with Gasteiger partial charge in [0, 0.05) is 23.4 Å². The Morgan fingerprint density at radius 1 is 0.971 bits per heavy atom. The number of amides is 1. The first-order chi connectivity index (χ1) is 16.6. The van der Waals surface area contributed by atoms with Crippen molar-refractivity contribution in [3.63, 3.8) is 0 Å². The molecule has 168 valence electrons. The Balaban J connectivity index is 1.52. The number of hydrogen-bond donors (Lipinski definition) is 1. The van der Waals surface area contributed by atoms with E-state index in [0.29, 0.717) is 17.7 Å². The normalized spacial score (nSPS) is 15.6. The van der Waals surface area contributed by atoms with Gasteiger partial charge in [-0.25, -0.2) is 5.01 Å². The van der Waals surface area contributed by atoms with Gasteiger partial charge in [-0.1, -0.05) is 72.8 Å². The van der Waals surface area contributed by atoms with Gasteiger partial charge in [-0.2, -0.15) is 5.10 Å². The molecule has 4 aromatic rings. The van der Waals surface area contributed by atoms with Gasteiger partial charge in [0.15, 0.2) is 0 Å². The molecule has 0 fully saturated rings. The van der Waals surface area contributed by atoms with Crippen LogP contribution in [0.2, 0.25) is 0 Å². The summed E-state index contributed by atoms with van der Waals surface area (Å²) in [6, 6.07) is 28.6. The molecule has 1 unspecified atom stereocenters. The SMILES string of the molecule is COc1ccc(C2CC(c3ccc4ccccc4c3O)=NN2C(=O)/C=C/c2ccccc2)cc1. The van der Waals surface area contributed by atoms with Crippen molar-refractivity contribution >= 4 is 28.5 Å². The molecule has 5 rings (SSSR count). The van der Waals surface area contributed by atoms with E-state index in [0.717, 1.165) is 27.6 Å². The van der Waals surface area contributed by atoms with Gasteiger partial charge in [-0.15, -0.1) is 0 Å². The number of ether oxygens (including phenoxy) is 1. The van der Waals surface area contributed by atoms with Crippen LogP contribution in [-0.4, -0.2) is 28.8 Å². The Morgan fingerprint density at radius 2 is 1.71 bits per heavy atom. The molecule has 5 nitrogen and oxygen atoms in total. The highest BCUT2D eigenvalue weighted by Crippen LogP contribution is 2.37. The molecule has 34 heavy (non-hydrogen) atoms. The van der Waals surface area contributed by atoms with Crippen LogP contribution in [0.3, 0.4) is 0 Å². The molecule has 0 aromatic heterocycles. The monoisotopic (exact) mass is 448 g/mol.